The normalized spacial score (nSPS) is 10.6. The number of rotatable bonds is 8. The maximum Gasteiger partial charge on any atom is 0.138 e. The molecule has 0 bridgehead atoms. The molecule has 114 valence electrons. The predicted octanol–water partition coefficient (Wildman–Crippen LogP) is 4.35. The molecule has 1 aromatic carbocycles. The van der Waals surface area contributed by atoms with Gasteiger partial charge in [0.1, 0.15) is 5.75 Å². The van der Waals surface area contributed by atoms with E-state index >= 15 is 0 Å². The molecule has 0 aliphatic heterocycles. The maximum absolute atomic E-state index is 6.22. The molecule has 1 aromatic heterocycles. The molecule has 5 heteroatoms. The molecule has 0 saturated heterocycles. The Bertz CT molecular complexity index is 568. The highest BCUT2D eigenvalue weighted by atomic mass is 35.5. The quantitative estimate of drug-likeness (QED) is 0.788. The van der Waals surface area contributed by atoms with E-state index in [1.807, 2.05) is 30.7 Å². The Labute approximate surface area is 131 Å². The Hall–Kier alpha value is -1.68. The van der Waals surface area contributed by atoms with Crippen LogP contribution in [0.3, 0.4) is 0 Å². The van der Waals surface area contributed by atoms with Crippen molar-refractivity contribution >= 4 is 17.3 Å². The lowest BCUT2D eigenvalue weighted by Gasteiger charge is -2.11. The number of hydrogen-bond donors (Lipinski definition) is 1. The van der Waals surface area contributed by atoms with Gasteiger partial charge in [-0.25, -0.2) is 4.98 Å². The molecule has 0 amide bonds. The second-order valence-electron chi connectivity index (χ2n) is 4.93. The minimum atomic E-state index is 0.635. The topological polar surface area (TPSA) is 39.1 Å². The molecule has 0 fully saturated rings. The van der Waals surface area contributed by atoms with Crippen LogP contribution in [0.1, 0.15) is 32.4 Å². The van der Waals surface area contributed by atoms with Gasteiger partial charge >= 0.3 is 0 Å². The number of ether oxygens (including phenoxy) is 1. The smallest absolute Gasteiger partial charge is 0.138 e. The van der Waals surface area contributed by atoms with Crippen molar-refractivity contribution in [1.82, 2.24) is 9.55 Å². The monoisotopic (exact) mass is 307 g/mol. The Morgan fingerprint density at radius 2 is 2.14 bits per heavy atom. The van der Waals surface area contributed by atoms with Crippen molar-refractivity contribution in [3.63, 3.8) is 0 Å². The number of anilines is 1. The van der Waals surface area contributed by atoms with Gasteiger partial charge in [0.2, 0.25) is 0 Å². The minimum absolute atomic E-state index is 0.635. The summed E-state index contributed by atoms with van der Waals surface area (Å²) in [6.45, 7) is 6.63. The Morgan fingerprint density at radius 3 is 2.86 bits per heavy atom. The summed E-state index contributed by atoms with van der Waals surface area (Å²) in [4.78, 5) is 4.20. The van der Waals surface area contributed by atoms with Gasteiger partial charge in [-0.3, -0.25) is 0 Å². The van der Waals surface area contributed by atoms with Crippen LogP contribution in [-0.2, 0) is 13.1 Å². The van der Waals surface area contributed by atoms with Crippen molar-refractivity contribution < 1.29 is 4.74 Å². The first-order valence-electron chi connectivity index (χ1n) is 7.39. The summed E-state index contributed by atoms with van der Waals surface area (Å²) in [7, 11) is 0. The van der Waals surface area contributed by atoms with E-state index in [2.05, 4.69) is 28.7 Å². The molecule has 0 spiro atoms. The third-order valence-corrected chi connectivity index (χ3v) is 3.43. The molecule has 1 heterocycles. The minimum Gasteiger partial charge on any atom is -0.492 e. The van der Waals surface area contributed by atoms with Crippen molar-refractivity contribution in [2.75, 3.05) is 11.9 Å². The summed E-state index contributed by atoms with van der Waals surface area (Å²) in [5.74, 6) is 0.736. The molecule has 4 nitrogen and oxygen atoms in total. The van der Waals surface area contributed by atoms with Crippen LogP contribution in [-0.4, -0.2) is 16.2 Å². The SMILES string of the molecule is CCCOc1ccc(NCc2cncn2CCC)cc1Cl. The molecule has 0 aliphatic carbocycles. The summed E-state index contributed by atoms with van der Waals surface area (Å²) in [5, 5.41) is 4.00. The maximum atomic E-state index is 6.22. The molecule has 2 rings (SSSR count). The van der Waals surface area contributed by atoms with E-state index in [1.165, 1.54) is 5.69 Å². The zero-order valence-electron chi connectivity index (χ0n) is 12.6. The van der Waals surface area contributed by atoms with E-state index in [-0.39, 0.29) is 0 Å². The standard InChI is InChI=1S/C16H22ClN3O/c1-3-7-20-12-18-10-14(20)11-19-13-5-6-16(15(17)9-13)21-8-4-2/h5-6,9-10,12,19H,3-4,7-8,11H2,1-2H3. The van der Waals surface area contributed by atoms with E-state index in [4.69, 9.17) is 16.3 Å². The van der Waals surface area contributed by atoms with Gasteiger partial charge in [-0.1, -0.05) is 25.4 Å². The summed E-state index contributed by atoms with van der Waals surface area (Å²) >= 11 is 6.22. The fourth-order valence-electron chi connectivity index (χ4n) is 2.07. The average Bonchev–Trinajstić information content (AvgIpc) is 2.92. The molecule has 0 unspecified atom stereocenters. The first-order valence-corrected chi connectivity index (χ1v) is 7.77. The second-order valence-corrected chi connectivity index (χ2v) is 5.33. The van der Waals surface area contributed by atoms with Gasteiger partial charge in [-0.2, -0.15) is 0 Å². The third kappa shape index (κ3) is 4.39. The zero-order chi connectivity index (χ0) is 15.1. The van der Waals surface area contributed by atoms with Gasteiger partial charge in [-0.05, 0) is 31.0 Å². The first-order chi connectivity index (χ1) is 10.2. The lowest BCUT2D eigenvalue weighted by Crippen LogP contribution is -2.07. The van der Waals surface area contributed by atoms with Gasteiger partial charge in [0.25, 0.3) is 0 Å². The highest BCUT2D eigenvalue weighted by molar-refractivity contribution is 6.32. The largest absolute Gasteiger partial charge is 0.492 e. The fourth-order valence-corrected chi connectivity index (χ4v) is 2.31. The Morgan fingerprint density at radius 1 is 1.29 bits per heavy atom. The summed E-state index contributed by atoms with van der Waals surface area (Å²) < 4.78 is 7.73. The van der Waals surface area contributed by atoms with E-state index in [0.717, 1.165) is 37.4 Å². The van der Waals surface area contributed by atoms with E-state index in [0.29, 0.717) is 11.6 Å². The highest BCUT2D eigenvalue weighted by Crippen LogP contribution is 2.28. The number of halogens is 1. The number of nitrogens with zero attached hydrogens (tertiary/aromatic N) is 2. The van der Waals surface area contributed by atoms with Gasteiger partial charge < -0.3 is 14.6 Å². The zero-order valence-corrected chi connectivity index (χ0v) is 13.4. The van der Waals surface area contributed by atoms with Gasteiger partial charge in [0.05, 0.1) is 30.2 Å². The Balaban J connectivity index is 1.97. The molecule has 0 radical (unpaired) electrons. The van der Waals surface area contributed by atoms with E-state index in [1.54, 1.807) is 0 Å². The molecule has 1 N–H and O–H groups in total. The highest BCUT2D eigenvalue weighted by Gasteiger charge is 2.05. The predicted molar refractivity (Wildman–Crippen MR) is 87.1 cm³/mol. The van der Waals surface area contributed by atoms with Crippen molar-refractivity contribution in [3.8, 4) is 5.75 Å². The van der Waals surface area contributed by atoms with E-state index in [9.17, 15) is 0 Å². The first kappa shape index (κ1) is 15.7. The fraction of sp³-hybridized carbons (Fsp3) is 0.438. The number of hydrogen-bond acceptors (Lipinski definition) is 3. The van der Waals surface area contributed by atoms with Crippen molar-refractivity contribution in [3.05, 3.63) is 41.4 Å². The van der Waals surface area contributed by atoms with Crippen LogP contribution < -0.4 is 10.1 Å². The van der Waals surface area contributed by atoms with Crippen LogP contribution in [0.25, 0.3) is 0 Å². The third-order valence-electron chi connectivity index (χ3n) is 3.13. The number of benzene rings is 1. The number of nitrogens with one attached hydrogen (secondary N) is 1. The van der Waals surface area contributed by atoms with Crippen LogP contribution in [0.15, 0.2) is 30.7 Å². The summed E-state index contributed by atoms with van der Waals surface area (Å²) in [6.07, 6.45) is 5.83. The molecule has 0 atom stereocenters. The molecule has 21 heavy (non-hydrogen) atoms. The number of imidazole rings is 1. The Kier molecular flexibility index (Phi) is 5.93. The van der Waals surface area contributed by atoms with Crippen LogP contribution in [0.2, 0.25) is 5.02 Å². The second kappa shape index (κ2) is 7.93. The van der Waals surface area contributed by atoms with Crippen molar-refractivity contribution in [1.29, 1.82) is 0 Å². The molecular weight excluding hydrogens is 286 g/mol. The molecular formula is C16H22ClN3O. The lowest BCUT2D eigenvalue weighted by atomic mass is 10.3. The molecule has 0 saturated carbocycles. The van der Waals surface area contributed by atoms with Crippen molar-refractivity contribution in [2.45, 2.75) is 39.8 Å². The van der Waals surface area contributed by atoms with Crippen LogP contribution in [0.4, 0.5) is 5.69 Å². The van der Waals surface area contributed by atoms with E-state index < -0.39 is 0 Å². The van der Waals surface area contributed by atoms with Crippen LogP contribution >= 0.6 is 11.6 Å². The van der Waals surface area contributed by atoms with Crippen molar-refractivity contribution in [2.24, 2.45) is 0 Å². The average molecular weight is 308 g/mol. The van der Waals surface area contributed by atoms with Crippen LogP contribution in [0, 0.1) is 0 Å². The molecule has 0 aliphatic rings. The lowest BCUT2D eigenvalue weighted by molar-refractivity contribution is 0.317. The van der Waals surface area contributed by atoms with Gasteiger partial charge in [0.15, 0.2) is 0 Å². The summed E-state index contributed by atoms with van der Waals surface area (Å²) in [6, 6.07) is 5.79. The van der Waals surface area contributed by atoms with Crippen LogP contribution in [0.5, 0.6) is 5.75 Å². The number of aromatic nitrogens is 2. The molecule has 2 aromatic rings. The van der Waals surface area contributed by atoms with Gasteiger partial charge in [-0.15, -0.1) is 0 Å². The van der Waals surface area contributed by atoms with Gasteiger partial charge in [0, 0.05) is 18.4 Å². The number of aryl methyl sites for hydroxylation is 1. The summed E-state index contributed by atoms with van der Waals surface area (Å²) in [5.41, 5.74) is 2.15.